The Labute approximate surface area is 136 Å². The van der Waals surface area contributed by atoms with Gasteiger partial charge in [-0.1, -0.05) is 13.0 Å². The Balaban J connectivity index is 2.18. The highest BCUT2D eigenvalue weighted by atomic mass is 32.2. The Hall–Kier alpha value is -2.09. The molecular formula is C15H21N3O4S. The van der Waals surface area contributed by atoms with E-state index >= 15 is 0 Å². The third kappa shape index (κ3) is 4.01. The zero-order valence-corrected chi connectivity index (χ0v) is 14.1. The summed E-state index contributed by atoms with van der Waals surface area (Å²) in [6.45, 7) is 4.52. The maximum absolute atomic E-state index is 12.0. The van der Waals surface area contributed by atoms with Crippen molar-refractivity contribution >= 4 is 33.2 Å². The van der Waals surface area contributed by atoms with Gasteiger partial charge in [-0.2, -0.15) is 0 Å². The molecule has 1 aliphatic heterocycles. The van der Waals surface area contributed by atoms with Crippen LogP contribution in [0.3, 0.4) is 0 Å². The monoisotopic (exact) mass is 339 g/mol. The number of carbonyl (C=O) groups excluding carboxylic acids is 2. The minimum absolute atomic E-state index is 0.127. The molecule has 1 aromatic rings. The lowest BCUT2D eigenvalue weighted by Crippen LogP contribution is -2.36. The molecule has 0 aliphatic carbocycles. The van der Waals surface area contributed by atoms with Crippen LogP contribution in [-0.4, -0.2) is 39.1 Å². The summed E-state index contributed by atoms with van der Waals surface area (Å²) >= 11 is 0. The summed E-state index contributed by atoms with van der Waals surface area (Å²) in [4.78, 5) is 23.5. The molecule has 0 bridgehead atoms. The molecule has 2 rings (SSSR count). The Morgan fingerprint density at radius 3 is 2.61 bits per heavy atom. The number of hydrogen-bond acceptors (Lipinski definition) is 4. The minimum Gasteiger partial charge on any atom is -0.348 e. The van der Waals surface area contributed by atoms with E-state index in [1.807, 2.05) is 6.92 Å². The fourth-order valence-electron chi connectivity index (χ4n) is 2.33. The van der Waals surface area contributed by atoms with Gasteiger partial charge in [-0.05, 0) is 37.5 Å². The van der Waals surface area contributed by atoms with E-state index in [-0.39, 0.29) is 5.75 Å². The molecule has 2 amide bonds. The largest absolute Gasteiger partial charge is 0.348 e. The smallest absolute Gasteiger partial charge is 0.313 e. The van der Waals surface area contributed by atoms with E-state index in [2.05, 4.69) is 10.6 Å². The normalized spacial score (nSPS) is 16.2. The summed E-state index contributed by atoms with van der Waals surface area (Å²) in [6, 6.07) is 5.01. The molecule has 8 heteroatoms. The first-order chi connectivity index (χ1) is 10.8. The lowest BCUT2D eigenvalue weighted by Gasteiger charge is -2.19. The molecule has 23 heavy (non-hydrogen) atoms. The first kappa shape index (κ1) is 17.3. The second kappa shape index (κ2) is 6.99. The summed E-state index contributed by atoms with van der Waals surface area (Å²) in [5.74, 6) is -1.34. The lowest BCUT2D eigenvalue weighted by atomic mass is 10.1. The van der Waals surface area contributed by atoms with Crippen molar-refractivity contribution < 1.29 is 18.0 Å². The van der Waals surface area contributed by atoms with Crippen molar-refractivity contribution in [2.24, 2.45) is 0 Å². The number of nitrogens with zero attached hydrogens (tertiary/aromatic N) is 1. The number of benzene rings is 1. The Morgan fingerprint density at radius 2 is 2.00 bits per heavy atom. The molecule has 0 aromatic heterocycles. The lowest BCUT2D eigenvalue weighted by molar-refractivity contribution is -0.136. The minimum atomic E-state index is -3.29. The van der Waals surface area contributed by atoms with Crippen molar-refractivity contribution in [2.45, 2.75) is 26.7 Å². The Kier molecular flexibility index (Phi) is 5.25. The first-order valence-electron chi connectivity index (χ1n) is 7.55. The maximum Gasteiger partial charge on any atom is 0.313 e. The van der Waals surface area contributed by atoms with Gasteiger partial charge in [-0.25, -0.2) is 8.42 Å². The van der Waals surface area contributed by atoms with Gasteiger partial charge in [-0.15, -0.1) is 0 Å². The van der Waals surface area contributed by atoms with E-state index in [1.54, 1.807) is 25.1 Å². The van der Waals surface area contributed by atoms with E-state index in [1.165, 1.54) is 4.31 Å². The van der Waals surface area contributed by atoms with Crippen LogP contribution in [0, 0.1) is 6.92 Å². The van der Waals surface area contributed by atoms with Gasteiger partial charge in [0.1, 0.15) is 0 Å². The van der Waals surface area contributed by atoms with Crippen molar-refractivity contribution in [3.8, 4) is 0 Å². The molecule has 1 aromatic carbocycles. The van der Waals surface area contributed by atoms with Crippen molar-refractivity contribution in [2.75, 3.05) is 28.5 Å². The van der Waals surface area contributed by atoms with E-state index in [0.717, 1.165) is 12.0 Å². The molecule has 126 valence electrons. The van der Waals surface area contributed by atoms with Crippen molar-refractivity contribution in [1.29, 1.82) is 0 Å². The summed E-state index contributed by atoms with van der Waals surface area (Å²) in [7, 11) is -3.29. The van der Waals surface area contributed by atoms with Crippen LogP contribution in [0.5, 0.6) is 0 Å². The fourth-order valence-corrected chi connectivity index (χ4v) is 3.88. The molecule has 0 atom stereocenters. The van der Waals surface area contributed by atoms with Crippen LogP contribution in [0.2, 0.25) is 0 Å². The number of carbonyl (C=O) groups is 2. The molecule has 2 N–H and O–H groups in total. The van der Waals surface area contributed by atoms with Crippen molar-refractivity contribution in [3.05, 3.63) is 23.8 Å². The van der Waals surface area contributed by atoms with Crippen molar-refractivity contribution in [1.82, 2.24) is 5.32 Å². The van der Waals surface area contributed by atoms with Gasteiger partial charge in [-0.3, -0.25) is 13.9 Å². The molecule has 1 aliphatic rings. The number of amides is 2. The molecule has 0 unspecified atom stereocenters. The molecule has 1 heterocycles. The average molecular weight is 339 g/mol. The number of aryl methyl sites for hydroxylation is 1. The van der Waals surface area contributed by atoms with E-state index in [9.17, 15) is 18.0 Å². The standard InChI is InChI=1S/C15H21N3O4S/c1-3-7-16-14(19)15(20)17-13-10-12(6-5-11(13)2)18-8-4-9-23(18,21)22/h5-6,10H,3-4,7-9H2,1-2H3,(H,16,19)(H,17,20). The van der Waals surface area contributed by atoms with Crippen LogP contribution < -0.4 is 14.9 Å². The SMILES string of the molecule is CCCNC(=O)C(=O)Nc1cc(N2CCCS2(=O)=O)ccc1C. The predicted molar refractivity (Wildman–Crippen MR) is 88.9 cm³/mol. The van der Waals surface area contributed by atoms with Crippen molar-refractivity contribution in [3.63, 3.8) is 0 Å². The van der Waals surface area contributed by atoms with Gasteiger partial charge in [0.25, 0.3) is 0 Å². The number of nitrogens with one attached hydrogen (secondary N) is 2. The van der Waals surface area contributed by atoms with Gasteiger partial charge < -0.3 is 10.6 Å². The Bertz CT molecular complexity index is 715. The molecule has 1 fully saturated rings. The zero-order valence-electron chi connectivity index (χ0n) is 13.3. The molecule has 0 radical (unpaired) electrons. The second-order valence-corrected chi connectivity index (χ2v) is 7.46. The predicted octanol–water partition coefficient (Wildman–Crippen LogP) is 1.000. The molecule has 0 saturated carbocycles. The van der Waals surface area contributed by atoms with Gasteiger partial charge in [0, 0.05) is 18.8 Å². The topological polar surface area (TPSA) is 95.6 Å². The number of anilines is 2. The van der Waals surface area contributed by atoms with Gasteiger partial charge in [0.05, 0.1) is 11.4 Å². The molecule has 0 spiro atoms. The zero-order chi connectivity index (χ0) is 17.0. The van der Waals surface area contributed by atoms with Gasteiger partial charge in [0.2, 0.25) is 10.0 Å². The summed E-state index contributed by atoms with van der Waals surface area (Å²) in [6.07, 6.45) is 1.32. The molecule has 1 saturated heterocycles. The fraction of sp³-hybridized carbons (Fsp3) is 0.467. The van der Waals surface area contributed by atoms with Crippen LogP contribution in [0.4, 0.5) is 11.4 Å². The van der Waals surface area contributed by atoms with Crippen LogP contribution in [-0.2, 0) is 19.6 Å². The molecular weight excluding hydrogens is 318 g/mol. The first-order valence-corrected chi connectivity index (χ1v) is 9.16. The summed E-state index contributed by atoms with van der Waals surface area (Å²) < 4.78 is 25.3. The second-order valence-electron chi connectivity index (χ2n) is 5.45. The van der Waals surface area contributed by atoms with Gasteiger partial charge in [0.15, 0.2) is 0 Å². The van der Waals surface area contributed by atoms with Crippen LogP contribution in [0.1, 0.15) is 25.3 Å². The van der Waals surface area contributed by atoms with E-state index in [4.69, 9.17) is 0 Å². The summed E-state index contributed by atoms with van der Waals surface area (Å²) in [5.41, 5.74) is 1.68. The third-order valence-corrected chi connectivity index (χ3v) is 5.47. The average Bonchev–Trinajstić information content (AvgIpc) is 2.86. The number of rotatable bonds is 4. The van der Waals surface area contributed by atoms with Crippen LogP contribution in [0.15, 0.2) is 18.2 Å². The number of sulfonamides is 1. The highest BCUT2D eigenvalue weighted by Crippen LogP contribution is 2.28. The van der Waals surface area contributed by atoms with Crippen LogP contribution >= 0.6 is 0 Å². The van der Waals surface area contributed by atoms with E-state index < -0.39 is 21.8 Å². The molecule has 7 nitrogen and oxygen atoms in total. The number of hydrogen-bond donors (Lipinski definition) is 2. The third-order valence-electron chi connectivity index (χ3n) is 3.60. The maximum atomic E-state index is 12.0. The Morgan fingerprint density at radius 1 is 1.26 bits per heavy atom. The summed E-state index contributed by atoms with van der Waals surface area (Å²) in [5, 5.41) is 5.03. The quantitative estimate of drug-likeness (QED) is 0.800. The highest BCUT2D eigenvalue weighted by Gasteiger charge is 2.28. The van der Waals surface area contributed by atoms with Crippen LogP contribution in [0.25, 0.3) is 0 Å². The van der Waals surface area contributed by atoms with Gasteiger partial charge >= 0.3 is 11.8 Å². The highest BCUT2D eigenvalue weighted by molar-refractivity contribution is 7.93. The van der Waals surface area contributed by atoms with E-state index in [0.29, 0.717) is 30.9 Å².